The van der Waals surface area contributed by atoms with Crippen molar-refractivity contribution >= 4 is 5.69 Å². The molecule has 1 atom stereocenters. The lowest BCUT2D eigenvalue weighted by atomic mass is 10.0. The number of aliphatic hydroxyl groups is 1. The summed E-state index contributed by atoms with van der Waals surface area (Å²) in [5, 5.41) is 8.83. The molecule has 1 aromatic rings. The lowest BCUT2D eigenvalue weighted by molar-refractivity contribution is 0.237. The van der Waals surface area contributed by atoms with Gasteiger partial charge in [0, 0.05) is 12.3 Å². The number of hydrogen-bond acceptors (Lipinski definition) is 2. The fraction of sp³-hybridized carbons (Fsp3) is 0.400. The van der Waals surface area contributed by atoms with E-state index in [4.69, 9.17) is 10.8 Å². The first-order valence-corrected chi connectivity index (χ1v) is 4.17. The quantitative estimate of drug-likeness (QED) is 0.666. The second-order valence-electron chi connectivity index (χ2n) is 3.24. The predicted molar refractivity (Wildman–Crippen MR) is 50.8 cm³/mol. The number of nitrogens with two attached hydrogens (primary N) is 1. The van der Waals surface area contributed by atoms with Crippen molar-refractivity contribution in [3.63, 3.8) is 0 Å². The Balaban J connectivity index is 2.63. The average molecular weight is 165 g/mol. The molecule has 0 aromatic heterocycles. The van der Waals surface area contributed by atoms with Crippen LogP contribution in [0.3, 0.4) is 0 Å². The summed E-state index contributed by atoms with van der Waals surface area (Å²) in [6.45, 7) is 2.25. The van der Waals surface area contributed by atoms with Gasteiger partial charge in [-0.25, -0.2) is 0 Å². The minimum absolute atomic E-state index is 0.231. The summed E-state index contributed by atoms with van der Waals surface area (Å²) < 4.78 is 0. The lowest BCUT2D eigenvalue weighted by Gasteiger charge is -2.07. The second-order valence-corrected chi connectivity index (χ2v) is 3.24. The van der Waals surface area contributed by atoms with Crippen LogP contribution in [-0.2, 0) is 6.42 Å². The van der Waals surface area contributed by atoms with Gasteiger partial charge in [-0.1, -0.05) is 19.1 Å². The van der Waals surface area contributed by atoms with Crippen LogP contribution in [0, 0.1) is 5.92 Å². The number of nitrogen functional groups attached to an aromatic ring is 1. The van der Waals surface area contributed by atoms with Crippen LogP contribution < -0.4 is 5.73 Å². The van der Waals surface area contributed by atoms with E-state index in [0.29, 0.717) is 5.92 Å². The molecule has 1 unspecified atom stereocenters. The molecule has 0 aliphatic carbocycles. The minimum atomic E-state index is 0.231. The standard InChI is InChI=1S/C10H15NO/c1-8(7-12)5-9-3-2-4-10(11)6-9/h2-4,6,8,12H,5,7,11H2,1H3. The first-order chi connectivity index (χ1) is 5.72. The molecule has 0 aliphatic heterocycles. The first-order valence-electron chi connectivity index (χ1n) is 4.17. The van der Waals surface area contributed by atoms with Crippen molar-refractivity contribution in [2.45, 2.75) is 13.3 Å². The van der Waals surface area contributed by atoms with Crippen LogP contribution in [-0.4, -0.2) is 11.7 Å². The van der Waals surface area contributed by atoms with Gasteiger partial charge in [0.05, 0.1) is 0 Å². The van der Waals surface area contributed by atoms with Gasteiger partial charge in [0.25, 0.3) is 0 Å². The highest BCUT2D eigenvalue weighted by atomic mass is 16.3. The average Bonchev–Trinajstić information content (AvgIpc) is 2.04. The minimum Gasteiger partial charge on any atom is -0.399 e. The third-order valence-electron chi connectivity index (χ3n) is 1.85. The Morgan fingerprint density at radius 3 is 2.83 bits per heavy atom. The predicted octanol–water partition coefficient (Wildman–Crippen LogP) is 1.44. The van der Waals surface area contributed by atoms with Gasteiger partial charge in [-0.05, 0) is 30.0 Å². The van der Waals surface area contributed by atoms with Crippen molar-refractivity contribution in [2.24, 2.45) is 5.92 Å². The van der Waals surface area contributed by atoms with Gasteiger partial charge in [-0.3, -0.25) is 0 Å². The topological polar surface area (TPSA) is 46.2 Å². The summed E-state index contributed by atoms with van der Waals surface area (Å²) in [4.78, 5) is 0. The zero-order valence-corrected chi connectivity index (χ0v) is 7.33. The van der Waals surface area contributed by atoms with Crippen LogP contribution in [0.2, 0.25) is 0 Å². The Morgan fingerprint density at radius 2 is 2.25 bits per heavy atom. The third kappa shape index (κ3) is 2.55. The number of benzene rings is 1. The van der Waals surface area contributed by atoms with E-state index < -0.39 is 0 Å². The molecule has 2 heteroatoms. The summed E-state index contributed by atoms with van der Waals surface area (Å²) in [5.41, 5.74) is 7.59. The maximum absolute atomic E-state index is 8.83. The molecule has 2 nitrogen and oxygen atoms in total. The van der Waals surface area contributed by atoms with E-state index >= 15 is 0 Å². The molecule has 0 fully saturated rings. The van der Waals surface area contributed by atoms with Crippen LogP contribution in [0.1, 0.15) is 12.5 Å². The molecule has 12 heavy (non-hydrogen) atoms. The molecular weight excluding hydrogens is 150 g/mol. The molecule has 0 aliphatic rings. The molecule has 1 aromatic carbocycles. The van der Waals surface area contributed by atoms with Crippen LogP contribution in [0.4, 0.5) is 5.69 Å². The smallest absolute Gasteiger partial charge is 0.0459 e. The van der Waals surface area contributed by atoms with Gasteiger partial charge in [0.2, 0.25) is 0 Å². The Hall–Kier alpha value is -1.02. The van der Waals surface area contributed by atoms with Crippen molar-refractivity contribution in [3.05, 3.63) is 29.8 Å². The Morgan fingerprint density at radius 1 is 1.50 bits per heavy atom. The maximum Gasteiger partial charge on any atom is 0.0459 e. The zero-order chi connectivity index (χ0) is 8.97. The number of rotatable bonds is 3. The summed E-state index contributed by atoms with van der Waals surface area (Å²) >= 11 is 0. The molecule has 0 radical (unpaired) electrons. The number of anilines is 1. The van der Waals surface area contributed by atoms with Crippen molar-refractivity contribution in [1.29, 1.82) is 0 Å². The highest BCUT2D eigenvalue weighted by Gasteiger charge is 2.01. The molecule has 66 valence electrons. The number of hydrogen-bond donors (Lipinski definition) is 2. The van der Waals surface area contributed by atoms with Crippen molar-refractivity contribution in [1.82, 2.24) is 0 Å². The molecule has 3 N–H and O–H groups in total. The lowest BCUT2D eigenvalue weighted by Crippen LogP contribution is -2.04. The van der Waals surface area contributed by atoms with Crippen LogP contribution in [0.15, 0.2) is 24.3 Å². The van der Waals surface area contributed by atoms with Crippen molar-refractivity contribution in [3.8, 4) is 0 Å². The van der Waals surface area contributed by atoms with Gasteiger partial charge in [0.15, 0.2) is 0 Å². The second kappa shape index (κ2) is 4.12. The first kappa shape index (κ1) is 9.07. The fourth-order valence-corrected chi connectivity index (χ4v) is 1.19. The van der Waals surface area contributed by atoms with E-state index in [-0.39, 0.29) is 6.61 Å². The highest BCUT2D eigenvalue weighted by molar-refractivity contribution is 5.40. The van der Waals surface area contributed by atoms with Gasteiger partial charge < -0.3 is 10.8 Å². The number of aliphatic hydroxyl groups excluding tert-OH is 1. The van der Waals surface area contributed by atoms with E-state index in [1.807, 2.05) is 31.2 Å². The largest absolute Gasteiger partial charge is 0.399 e. The molecule has 0 heterocycles. The molecule has 0 saturated heterocycles. The van der Waals surface area contributed by atoms with E-state index in [0.717, 1.165) is 12.1 Å². The summed E-state index contributed by atoms with van der Waals surface area (Å²) in [7, 11) is 0. The van der Waals surface area contributed by atoms with Gasteiger partial charge >= 0.3 is 0 Å². The fourth-order valence-electron chi connectivity index (χ4n) is 1.19. The van der Waals surface area contributed by atoms with E-state index in [1.54, 1.807) is 0 Å². The summed E-state index contributed by atoms with van der Waals surface area (Å²) in [6, 6.07) is 7.79. The van der Waals surface area contributed by atoms with E-state index in [9.17, 15) is 0 Å². The van der Waals surface area contributed by atoms with Gasteiger partial charge in [-0.2, -0.15) is 0 Å². The van der Waals surface area contributed by atoms with Gasteiger partial charge in [0.1, 0.15) is 0 Å². The zero-order valence-electron chi connectivity index (χ0n) is 7.33. The van der Waals surface area contributed by atoms with Crippen molar-refractivity contribution < 1.29 is 5.11 Å². The van der Waals surface area contributed by atoms with E-state index in [1.165, 1.54) is 5.56 Å². The maximum atomic E-state index is 8.83. The molecule has 0 spiro atoms. The molecule has 1 rings (SSSR count). The molecular formula is C10H15NO. The third-order valence-corrected chi connectivity index (χ3v) is 1.85. The van der Waals surface area contributed by atoms with Crippen molar-refractivity contribution in [2.75, 3.05) is 12.3 Å². The molecule has 0 saturated carbocycles. The Bertz CT molecular complexity index is 247. The highest BCUT2D eigenvalue weighted by Crippen LogP contribution is 2.11. The van der Waals surface area contributed by atoms with E-state index in [2.05, 4.69) is 0 Å². The SMILES string of the molecule is CC(CO)Cc1cccc(N)c1. The Kier molecular flexibility index (Phi) is 3.11. The molecule has 0 bridgehead atoms. The summed E-state index contributed by atoms with van der Waals surface area (Å²) in [5.74, 6) is 0.312. The van der Waals surface area contributed by atoms with Crippen LogP contribution in [0.25, 0.3) is 0 Å². The monoisotopic (exact) mass is 165 g/mol. The Labute approximate surface area is 73.0 Å². The van der Waals surface area contributed by atoms with Crippen LogP contribution >= 0.6 is 0 Å². The molecule has 0 amide bonds. The van der Waals surface area contributed by atoms with Gasteiger partial charge in [-0.15, -0.1) is 0 Å². The summed E-state index contributed by atoms with van der Waals surface area (Å²) in [6.07, 6.45) is 0.890. The van der Waals surface area contributed by atoms with Crippen LogP contribution in [0.5, 0.6) is 0 Å². The normalized spacial score (nSPS) is 12.8.